The Bertz CT molecular complexity index is 581. The van der Waals surface area contributed by atoms with Crippen molar-refractivity contribution in [3.8, 4) is 0 Å². The van der Waals surface area contributed by atoms with Crippen molar-refractivity contribution in [3.63, 3.8) is 0 Å². The molecule has 7 heteroatoms. The standard InChI is InChI=1S/C18H30N4O3/c1-21(2)12-14-11-19-17(20-14)15-13-22(8-9-25-15)16(23)10-18(24)6-4-3-5-7-18/h11,15,24H,3-10,12-13H2,1-2H3,(H,19,20)/t15-/m0/s1. The third-order valence-electron chi connectivity index (χ3n) is 5.12. The Labute approximate surface area is 149 Å². The minimum Gasteiger partial charge on any atom is -0.389 e. The lowest BCUT2D eigenvalue weighted by molar-refractivity contribution is -0.145. The SMILES string of the molecule is CN(C)Cc1cnc([C@@H]2CN(C(=O)CC3(O)CCCCC3)CCO2)[nH]1. The molecular weight excluding hydrogens is 320 g/mol. The van der Waals surface area contributed by atoms with E-state index in [1.54, 1.807) is 0 Å². The number of imidazole rings is 1. The number of rotatable bonds is 5. The highest BCUT2D eigenvalue weighted by Crippen LogP contribution is 2.32. The largest absolute Gasteiger partial charge is 0.389 e. The molecule has 2 aliphatic rings. The number of nitrogens with one attached hydrogen (secondary N) is 1. The number of aromatic nitrogens is 2. The van der Waals surface area contributed by atoms with E-state index in [9.17, 15) is 9.90 Å². The number of nitrogens with zero attached hydrogens (tertiary/aromatic N) is 3. The molecule has 1 aromatic rings. The average molecular weight is 350 g/mol. The molecule has 0 bridgehead atoms. The molecule has 7 nitrogen and oxygen atoms in total. The zero-order chi connectivity index (χ0) is 17.9. The molecule has 1 aliphatic heterocycles. The molecule has 1 saturated carbocycles. The second-order valence-corrected chi connectivity index (χ2v) is 7.69. The van der Waals surface area contributed by atoms with Gasteiger partial charge in [-0.25, -0.2) is 4.98 Å². The predicted octanol–water partition coefficient (Wildman–Crippen LogP) is 1.46. The number of ether oxygens (including phenoxy) is 1. The summed E-state index contributed by atoms with van der Waals surface area (Å²) < 4.78 is 5.81. The van der Waals surface area contributed by atoms with Crippen LogP contribution in [0.4, 0.5) is 0 Å². The van der Waals surface area contributed by atoms with Gasteiger partial charge in [0.05, 0.1) is 25.2 Å². The number of H-pyrrole nitrogens is 1. The Hall–Kier alpha value is -1.44. The van der Waals surface area contributed by atoms with Crippen LogP contribution in [0.5, 0.6) is 0 Å². The molecule has 0 radical (unpaired) electrons. The highest BCUT2D eigenvalue weighted by molar-refractivity contribution is 5.77. The van der Waals surface area contributed by atoms with Crippen LogP contribution >= 0.6 is 0 Å². The normalized spacial score (nSPS) is 23.8. The molecule has 2 fully saturated rings. The van der Waals surface area contributed by atoms with E-state index in [1.165, 1.54) is 0 Å². The van der Waals surface area contributed by atoms with Gasteiger partial charge in [-0.3, -0.25) is 4.79 Å². The number of hydrogen-bond acceptors (Lipinski definition) is 5. The first-order chi connectivity index (χ1) is 12.0. The quantitative estimate of drug-likeness (QED) is 0.840. The summed E-state index contributed by atoms with van der Waals surface area (Å²) in [5.41, 5.74) is 0.218. The van der Waals surface area contributed by atoms with Crippen molar-refractivity contribution in [2.75, 3.05) is 33.8 Å². The monoisotopic (exact) mass is 350 g/mol. The van der Waals surface area contributed by atoms with Crippen LogP contribution in [0.2, 0.25) is 0 Å². The van der Waals surface area contributed by atoms with Crippen LogP contribution in [-0.2, 0) is 16.1 Å². The Morgan fingerprint density at radius 1 is 1.44 bits per heavy atom. The van der Waals surface area contributed by atoms with Crippen molar-refractivity contribution in [2.45, 2.75) is 56.8 Å². The number of aromatic amines is 1. The summed E-state index contributed by atoms with van der Waals surface area (Å²) in [5, 5.41) is 10.6. The molecular formula is C18H30N4O3. The minimum atomic E-state index is -0.813. The van der Waals surface area contributed by atoms with Gasteiger partial charge in [0.1, 0.15) is 11.9 Å². The van der Waals surface area contributed by atoms with Gasteiger partial charge in [-0.05, 0) is 26.9 Å². The second kappa shape index (κ2) is 7.85. The first kappa shape index (κ1) is 18.4. The van der Waals surface area contributed by atoms with Crippen LogP contribution < -0.4 is 0 Å². The molecule has 1 aromatic heterocycles. The van der Waals surface area contributed by atoms with Crippen molar-refractivity contribution >= 4 is 5.91 Å². The zero-order valence-electron chi connectivity index (χ0n) is 15.3. The summed E-state index contributed by atoms with van der Waals surface area (Å²) in [6.07, 6.45) is 6.47. The fourth-order valence-corrected chi connectivity index (χ4v) is 3.78. The van der Waals surface area contributed by atoms with Crippen molar-refractivity contribution in [1.29, 1.82) is 0 Å². The number of aliphatic hydroxyl groups is 1. The first-order valence-corrected chi connectivity index (χ1v) is 9.25. The van der Waals surface area contributed by atoms with Crippen molar-refractivity contribution in [3.05, 3.63) is 17.7 Å². The van der Waals surface area contributed by atoms with Crippen LogP contribution in [0.1, 0.15) is 56.1 Å². The molecule has 2 heterocycles. The van der Waals surface area contributed by atoms with E-state index in [1.807, 2.05) is 25.2 Å². The molecule has 0 aromatic carbocycles. The number of carbonyl (C=O) groups excluding carboxylic acids is 1. The molecule has 1 saturated heterocycles. The molecule has 1 aliphatic carbocycles. The van der Waals surface area contributed by atoms with Gasteiger partial charge in [-0.15, -0.1) is 0 Å². The summed E-state index contributed by atoms with van der Waals surface area (Å²) >= 11 is 0. The summed E-state index contributed by atoms with van der Waals surface area (Å²) in [6, 6.07) is 0. The van der Waals surface area contributed by atoms with E-state index in [4.69, 9.17) is 4.74 Å². The Kier molecular flexibility index (Phi) is 5.76. The number of amides is 1. The molecule has 3 rings (SSSR count). The van der Waals surface area contributed by atoms with Gasteiger partial charge in [0, 0.05) is 25.0 Å². The fraction of sp³-hybridized carbons (Fsp3) is 0.778. The first-order valence-electron chi connectivity index (χ1n) is 9.25. The van der Waals surface area contributed by atoms with Gasteiger partial charge in [0.15, 0.2) is 0 Å². The van der Waals surface area contributed by atoms with Gasteiger partial charge in [-0.2, -0.15) is 0 Å². The molecule has 1 amide bonds. The highest BCUT2D eigenvalue weighted by Gasteiger charge is 2.35. The summed E-state index contributed by atoms with van der Waals surface area (Å²) in [6.45, 7) is 2.36. The maximum absolute atomic E-state index is 12.7. The Morgan fingerprint density at radius 2 is 2.20 bits per heavy atom. The molecule has 2 N–H and O–H groups in total. The number of morpholine rings is 1. The van der Waals surface area contributed by atoms with E-state index >= 15 is 0 Å². The Morgan fingerprint density at radius 3 is 2.92 bits per heavy atom. The maximum Gasteiger partial charge on any atom is 0.225 e. The van der Waals surface area contributed by atoms with Gasteiger partial charge >= 0.3 is 0 Å². The van der Waals surface area contributed by atoms with Crippen LogP contribution in [0.15, 0.2) is 6.20 Å². The smallest absolute Gasteiger partial charge is 0.225 e. The summed E-state index contributed by atoms with van der Waals surface area (Å²) in [7, 11) is 4.02. The molecule has 140 valence electrons. The van der Waals surface area contributed by atoms with E-state index < -0.39 is 5.60 Å². The van der Waals surface area contributed by atoms with Gasteiger partial charge in [-0.1, -0.05) is 19.3 Å². The average Bonchev–Trinajstić information content (AvgIpc) is 3.03. The van der Waals surface area contributed by atoms with Crippen LogP contribution in [0.25, 0.3) is 0 Å². The van der Waals surface area contributed by atoms with E-state index in [0.29, 0.717) is 19.7 Å². The zero-order valence-corrected chi connectivity index (χ0v) is 15.3. The van der Waals surface area contributed by atoms with E-state index in [0.717, 1.165) is 50.2 Å². The maximum atomic E-state index is 12.7. The third-order valence-corrected chi connectivity index (χ3v) is 5.12. The van der Waals surface area contributed by atoms with E-state index in [2.05, 4.69) is 14.9 Å². The molecule has 1 atom stereocenters. The highest BCUT2D eigenvalue weighted by atomic mass is 16.5. The van der Waals surface area contributed by atoms with Gasteiger partial charge in [0.25, 0.3) is 0 Å². The number of hydrogen-bond donors (Lipinski definition) is 2. The fourth-order valence-electron chi connectivity index (χ4n) is 3.78. The summed E-state index contributed by atoms with van der Waals surface area (Å²) in [5.74, 6) is 0.795. The topological polar surface area (TPSA) is 81.7 Å². The Balaban J connectivity index is 1.58. The second-order valence-electron chi connectivity index (χ2n) is 7.69. The van der Waals surface area contributed by atoms with Crippen molar-refractivity contribution < 1.29 is 14.6 Å². The molecule has 0 unspecified atom stereocenters. The lowest BCUT2D eigenvalue weighted by atomic mass is 9.82. The van der Waals surface area contributed by atoms with E-state index in [-0.39, 0.29) is 18.4 Å². The van der Waals surface area contributed by atoms with Crippen LogP contribution in [0, 0.1) is 0 Å². The van der Waals surface area contributed by atoms with Crippen LogP contribution in [-0.4, -0.2) is 70.2 Å². The van der Waals surface area contributed by atoms with Gasteiger partial charge < -0.3 is 24.6 Å². The lowest BCUT2D eigenvalue weighted by Crippen LogP contribution is -2.46. The third kappa shape index (κ3) is 4.80. The van der Waals surface area contributed by atoms with Crippen LogP contribution in [0.3, 0.4) is 0 Å². The minimum absolute atomic E-state index is 0.0257. The van der Waals surface area contributed by atoms with Crippen molar-refractivity contribution in [2.24, 2.45) is 0 Å². The van der Waals surface area contributed by atoms with Gasteiger partial charge in [0.2, 0.25) is 5.91 Å². The predicted molar refractivity (Wildman–Crippen MR) is 93.9 cm³/mol. The van der Waals surface area contributed by atoms with Crippen molar-refractivity contribution in [1.82, 2.24) is 19.8 Å². The molecule has 25 heavy (non-hydrogen) atoms. The lowest BCUT2D eigenvalue weighted by Gasteiger charge is -2.36. The summed E-state index contributed by atoms with van der Waals surface area (Å²) in [4.78, 5) is 24.3. The number of carbonyl (C=O) groups is 1. The molecule has 0 spiro atoms.